The van der Waals surface area contributed by atoms with Gasteiger partial charge in [-0.15, -0.1) is 0 Å². The van der Waals surface area contributed by atoms with Crippen LogP contribution in [0.5, 0.6) is 0 Å². The van der Waals surface area contributed by atoms with Crippen LogP contribution >= 0.6 is 0 Å². The van der Waals surface area contributed by atoms with Crippen molar-refractivity contribution in [2.24, 2.45) is 5.92 Å². The lowest BCUT2D eigenvalue weighted by molar-refractivity contribution is -0.140. The van der Waals surface area contributed by atoms with Crippen LogP contribution in [0.1, 0.15) is 35.7 Å². The number of hydrogen-bond donors (Lipinski definition) is 2. The molecule has 0 aliphatic heterocycles. The molecule has 10 heteroatoms. The summed E-state index contributed by atoms with van der Waals surface area (Å²) in [5.41, 5.74) is 0.856. The van der Waals surface area contributed by atoms with Crippen LogP contribution in [0, 0.1) is 5.92 Å². The number of nitrogens with one attached hydrogen (secondary N) is 2. The molecule has 39 heavy (non-hydrogen) atoms. The van der Waals surface area contributed by atoms with Gasteiger partial charge in [0.25, 0.3) is 5.91 Å². The second-order valence-electron chi connectivity index (χ2n) is 9.13. The first-order valence-corrected chi connectivity index (χ1v) is 12.3. The van der Waals surface area contributed by atoms with E-state index in [1.807, 2.05) is 0 Å². The van der Waals surface area contributed by atoms with E-state index in [2.05, 4.69) is 15.6 Å². The fourth-order valence-electron chi connectivity index (χ4n) is 3.84. The van der Waals surface area contributed by atoms with E-state index < -0.39 is 41.3 Å². The lowest BCUT2D eigenvalue weighted by atomic mass is 9.97. The van der Waals surface area contributed by atoms with Gasteiger partial charge in [0.1, 0.15) is 11.8 Å². The molecule has 7 nitrogen and oxygen atoms in total. The first-order chi connectivity index (χ1) is 18.5. The van der Waals surface area contributed by atoms with Gasteiger partial charge in [0, 0.05) is 31.4 Å². The molecule has 0 aliphatic carbocycles. The summed E-state index contributed by atoms with van der Waals surface area (Å²) >= 11 is 0. The third kappa shape index (κ3) is 9.17. The van der Waals surface area contributed by atoms with Crippen LogP contribution in [-0.2, 0) is 44.7 Å². The zero-order valence-electron chi connectivity index (χ0n) is 21.2. The van der Waals surface area contributed by atoms with E-state index in [-0.39, 0.29) is 31.6 Å². The number of carbonyl (C=O) groups is 4. The van der Waals surface area contributed by atoms with Gasteiger partial charge in [-0.3, -0.25) is 24.2 Å². The molecule has 0 radical (unpaired) electrons. The van der Waals surface area contributed by atoms with Crippen LogP contribution < -0.4 is 10.6 Å². The maximum Gasteiger partial charge on any atom is 0.416 e. The molecule has 2 aromatic carbocycles. The molecular weight excluding hydrogens is 511 g/mol. The standard InChI is InChI=1S/C29H28F3N3O4/c1-19(15-24(36)16-21-10-12-22(13-11-21)29(30,31)32)27(38)35-25(17-20-7-3-2-4-8-20)26(37)28(39)34-18-23-9-5-6-14-33-23/h2-14,19,25H,15-18H2,1H3,(H,34,39)(H,35,38)/t19-,25+/m0/s1. The molecule has 1 aromatic heterocycles. The van der Waals surface area contributed by atoms with Gasteiger partial charge in [-0.1, -0.05) is 55.5 Å². The predicted octanol–water partition coefficient (Wildman–Crippen LogP) is 3.85. The van der Waals surface area contributed by atoms with E-state index in [1.54, 1.807) is 54.7 Å². The van der Waals surface area contributed by atoms with Crippen molar-refractivity contribution < 1.29 is 32.3 Å². The first kappa shape index (κ1) is 29.2. The summed E-state index contributed by atoms with van der Waals surface area (Å²) in [6, 6.07) is 17.1. The van der Waals surface area contributed by atoms with Crippen LogP contribution in [0.25, 0.3) is 0 Å². The average Bonchev–Trinajstić information content (AvgIpc) is 2.91. The van der Waals surface area contributed by atoms with E-state index in [1.165, 1.54) is 19.1 Å². The topological polar surface area (TPSA) is 105 Å². The molecule has 3 rings (SSSR count). The molecule has 2 N–H and O–H groups in total. The number of rotatable bonds is 12. The Morgan fingerprint density at radius 2 is 1.54 bits per heavy atom. The van der Waals surface area contributed by atoms with E-state index >= 15 is 0 Å². The van der Waals surface area contributed by atoms with Crippen LogP contribution in [0.2, 0.25) is 0 Å². The highest BCUT2D eigenvalue weighted by molar-refractivity contribution is 6.38. The maximum atomic E-state index is 13.0. The number of Topliss-reactive ketones (excluding diaryl/α,β-unsaturated/α-hetero) is 2. The Morgan fingerprint density at radius 1 is 0.872 bits per heavy atom. The second kappa shape index (κ2) is 13.5. The Morgan fingerprint density at radius 3 is 2.15 bits per heavy atom. The normalized spacial score (nSPS) is 12.7. The number of nitrogens with zero attached hydrogens (tertiary/aromatic N) is 1. The number of amides is 2. The number of halogens is 3. The van der Waals surface area contributed by atoms with Crippen LogP contribution in [0.15, 0.2) is 79.0 Å². The van der Waals surface area contributed by atoms with E-state index in [4.69, 9.17) is 0 Å². The SMILES string of the molecule is C[C@@H](CC(=O)Cc1ccc(C(F)(F)F)cc1)C(=O)N[C@H](Cc1ccccc1)C(=O)C(=O)NCc1ccccn1. The minimum absolute atomic E-state index is 0.0340. The minimum atomic E-state index is -4.47. The molecule has 3 aromatic rings. The van der Waals surface area contributed by atoms with Crippen LogP contribution in [0.4, 0.5) is 13.2 Å². The summed E-state index contributed by atoms with van der Waals surface area (Å²) < 4.78 is 38.2. The van der Waals surface area contributed by atoms with Gasteiger partial charge in [-0.05, 0) is 35.4 Å². The van der Waals surface area contributed by atoms with Gasteiger partial charge in [-0.25, -0.2) is 0 Å². The number of carbonyl (C=O) groups excluding carboxylic acids is 4. The number of benzene rings is 2. The predicted molar refractivity (Wildman–Crippen MR) is 137 cm³/mol. The lowest BCUT2D eigenvalue weighted by Gasteiger charge is -2.20. The van der Waals surface area contributed by atoms with Gasteiger partial charge < -0.3 is 10.6 Å². The van der Waals surface area contributed by atoms with Crippen molar-refractivity contribution in [1.29, 1.82) is 0 Å². The van der Waals surface area contributed by atoms with Gasteiger partial charge in [-0.2, -0.15) is 13.2 Å². The molecule has 0 fully saturated rings. The molecule has 0 unspecified atom stereocenters. The Balaban J connectivity index is 1.61. The van der Waals surface area contributed by atoms with Gasteiger partial charge >= 0.3 is 6.18 Å². The highest BCUT2D eigenvalue weighted by atomic mass is 19.4. The van der Waals surface area contributed by atoms with E-state index in [0.717, 1.165) is 17.7 Å². The molecule has 0 saturated carbocycles. The first-order valence-electron chi connectivity index (χ1n) is 12.3. The highest BCUT2D eigenvalue weighted by Crippen LogP contribution is 2.29. The lowest BCUT2D eigenvalue weighted by Crippen LogP contribution is -2.50. The van der Waals surface area contributed by atoms with Gasteiger partial charge in [0.05, 0.1) is 17.8 Å². The number of pyridine rings is 1. The van der Waals surface area contributed by atoms with Gasteiger partial charge in [0.2, 0.25) is 11.7 Å². The monoisotopic (exact) mass is 539 g/mol. The molecule has 2 atom stereocenters. The van der Waals surface area contributed by atoms with Crippen molar-refractivity contribution in [2.75, 3.05) is 0 Å². The summed E-state index contributed by atoms with van der Waals surface area (Å²) in [5, 5.41) is 5.11. The maximum absolute atomic E-state index is 13.0. The average molecular weight is 540 g/mol. The second-order valence-corrected chi connectivity index (χ2v) is 9.13. The Hall–Kier alpha value is -4.34. The summed E-state index contributed by atoms with van der Waals surface area (Å²) in [4.78, 5) is 55.1. The number of aromatic nitrogens is 1. The number of hydrogen-bond acceptors (Lipinski definition) is 5. The number of ketones is 2. The van der Waals surface area contributed by atoms with Crippen molar-refractivity contribution in [3.8, 4) is 0 Å². The van der Waals surface area contributed by atoms with Crippen molar-refractivity contribution in [3.05, 3.63) is 101 Å². The Labute approximate surface area is 223 Å². The van der Waals surface area contributed by atoms with Crippen LogP contribution in [-0.4, -0.2) is 34.4 Å². The smallest absolute Gasteiger partial charge is 0.345 e. The molecule has 1 heterocycles. The fraction of sp³-hybridized carbons (Fsp3) is 0.276. The molecule has 0 saturated heterocycles. The Bertz CT molecular complexity index is 1280. The Kier molecular flexibility index (Phi) is 10.1. The van der Waals surface area contributed by atoms with E-state index in [9.17, 15) is 32.3 Å². The summed E-state index contributed by atoms with van der Waals surface area (Å²) in [6.07, 6.45) is -3.18. The fourth-order valence-corrected chi connectivity index (χ4v) is 3.84. The molecule has 0 spiro atoms. The molecule has 204 valence electrons. The van der Waals surface area contributed by atoms with Crippen molar-refractivity contribution in [1.82, 2.24) is 15.6 Å². The third-order valence-corrected chi connectivity index (χ3v) is 5.96. The highest BCUT2D eigenvalue weighted by Gasteiger charge is 2.31. The zero-order chi connectivity index (χ0) is 28.4. The van der Waals surface area contributed by atoms with Crippen molar-refractivity contribution >= 4 is 23.4 Å². The van der Waals surface area contributed by atoms with Crippen molar-refractivity contribution in [2.45, 2.75) is 44.9 Å². The number of alkyl halides is 3. The largest absolute Gasteiger partial charge is 0.416 e. The van der Waals surface area contributed by atoms with Crippen LogP contribution in [0.3, 0.4) is 0 Å². The molecule has 0 aliphatic rings. The zero-order valence-corrected chi connectivity index (χ0v) is 21.2. The summed E-state index contributed by atoms with van der Waals surface area (Å²) in [5.74, 6) is -3.51. The molecular formula is C29H28F3N3O4. The van der Waals surface area contributed by atoms with Gasteiger partial charge in [0.15, 0.2) is 0 Å². The molecule has 0 bridgehead atoms. The quantitative estimate of drug-likeness (QED) is 0.340. The van der Waals surface area contributed by atoms with E-state index in [0.29, 0.717) is 11.3 Å². The summed E-state index contributed by atoms with van der Waals surface area (Å²) in [6.45, 7) is 1.54. The minimum Gasteiger partial charge on any atom is -0.345 e. The molecule has 2 amide bonds. The third-order valence-electron chi connectivity index (χ3n) is 5.96. The summed E-state index contributed by atoms with van der Waals surface area (Å²) in [7, 11) is 0. The van der Waals surface area contributed by atoms with Crippen molar-refractivity contribution in [3.63, 3.8) is 0 Å².